The first-order valence-corrected chi connectivity index (χ1v) is 6.86. The Morgan fingerprint density at radius 1 is 1.32 bits per heavy atom. The third-order valence-corrected chi connectivity index (χ3v) is 3.74. The topological polar surface area (TPSA) is 46.5 Å². The number of benzene rings is 1. The van der Waals surface area contributed by atoms with Gasteiger partial charge in [-0.15, -0.1) is 0 Å². The lowest BCUT2D eigenvalue weighted by Gasteiger charge is -2.21. The van der Waals surface area contributed by atoms with Gasteiger partial charge in [-0.3, -0.25) is 4.79 Å². The molecule has 2 unspecified atom stereocenters. The summed E-state index contributed by atoms with van der Waals surface area (Å²) in [6.07, 6.45) is 2.21. The third-order valence-electron chi connectivity index (χ3n) is 3.74. The number of aliphatic carboxylic acids is 1. The first-order valence-electron chi connectivity index (χ1n) is 6.86. The summed E-state index contributed by atoms with van der Waals surface area (Å²) < 4.78 is 5.93. The summed E-state index contributed by atoms with van der Waals surface area (Å²) in [5.41, 5.74) is 1.33. The third kappa shape index (κ3) is 3.49. The Labute approximate surface area is 114 Å². The van der Waals surface area contributed by atoms with Crippen molar-refractivity contribution < 1.29 is 14.6 Å². The van der Waals surface area contributed by atoms with Crippen molar-refractivity contribution in [3.63, 3.8) is 0 Å². The minimum Gasteiger partial charge on any atom is -0.490 e. The zero-order chi connectivity index (χ0) is 14.0. The molecule has 1 aromatic carbocycles. The average Bonchev–Trinajstić information content (AvgIpc) is 2.77. The van der Waals surface area contributed by atoms with Gasteiger partial charge in [0.1, 0.15) is 5.75 Å². The number of hydrogen-bond donors (Lipinski definition) is 1. The van der Waals surface area contributed by atoms with Crippen molar-refractivity contribution in [2.24, 2.45) is 5.92 Å². The van der Waals surface area contributed by atoms with E-state index in [9.17, 15) is 4.79 Å². The first kappa shape index (κ1) is 13.9. The molecular formula is C16H22O3. The van der Waals surface area contributed by atoms with E-state index in [1.807, 2.05) is 12.1 Å². The molecule has 1 fully saturated rings. The lowest BCUT2D eigenvalue weighted by molar-refractivity contribution is -0.141. The van der Waals surface area contributed by atoms with E-state index in [-0.39, 0.29) is 17.4 Å². The molecule has 0 heterocycles. The van der Waals surface area contributed by atoms with Crippen LogP contribution in [0.4, 0.5) is 0 Å². The molecule has 0 aromatic heterocycles. The molecule has 0 amide bonds. The quantitative estimate of drug-likeness (QED) is 0.905. The summed E-state index contributed by atoms with van der Waals surface area (Å²) >= 11 is 0. The van der Waals surface area contributed by atoms with E-state index in [2.05, 4.69) is 32.9 Å². The van der Waals surface area contributed by atoms with Crippen LogP contribution in [-0.2, 0) is 10.2 Å². The predicted octanol–water partition coefficient (Wildman–Crippen LogP) is 3.62. The fourth-order valence-electron chi connectivity index (χ4n) is 2.50. The summed E-state index contributed by atoms with van der Waals surface area (Å²) in [4.78, 5) is 10.9. The highest BCUT2D eigenvalue weighted by atomic mass is 16.5. The van der Waals surface area contributed by atoms with Crippen LogP contribution in [0.1, 0.15) is 45.6 Å². The van der Waals surface area contributed by atoms with Gasteiger partial charge < -0.3 is 9.84 Å². The standard InChI is InChI=1S/C16H22O3/c1-16(2,3)12-5-4-6-13(10-12)19-14-8-7-11(9-14)15(17)18/h4-6,10-11,14H,7-9H2,1-3H3,(H,17,18). The zero-order valence-electron chi connectivity index (χ0n) is 11.8. The summed E-state index contributed by atoms with van der Waals surface area (Å²) in [5.74, 6) is -0.0891. The lowest BCUT2D eigenvalue weighted by Crippen LogP contribution is -2.16. The Morgan fingerprint density at radius 2 is 2.05 bits per heavy atom. The molecule has 0 radical (unpaired) electrons. The smallest absolute Gasteiger partial charge is 0.306 e. The van der Waals surface area contributed by atoms with Gasteiger partial charge in [-0.2, -0.15) is 0 Å². The molecule has 19 heavy (non-hydrogen) atoms. The molecule has 0 saturated heterocycles. The number of carbonyl (C=O) groups is 1. The maximum Gasteiger partial charge on any atom is 0.306 e. The molecule has 3 nitrogen and oxygen atoms in total. The predicted molar refractivity (Wildman–Crippen MR) is 74.5 cm³/mol. The van der Waals surface area contributed by atoms with Crippen LogP contribution in [0, 0.1) is 5.92 Å². The van der Waals surface area contributed by atoms with Crippen molar-refractivity contribution >= 4 is 5.97 Å². The molecule has 104 valence electrons. The van der Waals surface area contributed by atoms with Crippen LogP contribution in [0.2, 0.25) is 0 Å². The number of hydrogen-bond acceptors (Lipinski definition) is 2. The number of carboxylic acids is 1. The van der Waals surface area contributed by atoms with E-state index in [1.165, 1.54) is 5.56 Å². The van der Waals surface area contributed by atoms with E-state index in [0.29, 0.717) is 6.42 Å². The fourth-order valence-corrected chi connectivity index (χ4v) is 2.50. The van der Waals surface area contributed by atoms with Crippen molar-refractivity contribution in [1.29, 1.82) is 0 Å². The van der Waals surface area contributed by atoms with Crippen molar-refractivity contribution in [3.8, 4) is 5.75 Å². The second kappa shape index (κ2) is 5.24. The van der Waals surface area contributed by atoms with Gasteiger partial charge in [-0.05, 0) is 42.4 Å². The number of carboxylic acid groups (broad SMARTS) is 1. The summed E-state index contributed by atoms with van der Waals surface area (Å²) in [7, 11) is 0. The van der Waals surface area contributed by atoms with Crippen LogP contribution >= 0.6 is 0 Å². The maximum absolute atomic E-state index is 10.9. The van der Waals surface area contributed by atoms with Crippen LogP contribution in [0.3, 0.4) is 0 Å². The largest absolute Gasteiger partial charge is 0.490 e. The van der Waals surface area contributed by atoms with Crippen molar-refractivity contribution in [2.75, 3.05) is 0 Å². The van der Waals surface area contributed by atoms with E-state index in [4.69, 9.17) is 9.84 Å². The molecule has 3 heteroatoms. The van der Waals surface area contributed by atoms with Crippen LogP contribution in [0.25, 0.3) is 0 Å². The minimum atomic E-state index is -0.699. The molecule has 1 aliphatic rings. The van der Waals surface area contributed by atoms with Crippen molar-refractivity contribution in [3.05, 3.63) is 29.8 Å². The Hall–Kier alpha value is -1.51. The van der Waals surface area contributed by atoms with Crippen LogP contribution in [-0.4, -0.2) is 17.2 Å². The Kier molecular flexibility index (Phi) is 3.83. The summed E-state index contributed by atoms with van der Waals surface area (Å²) in [6.45, 7) is 6.51. The van der Waals surface area contributed by atoms with E-state index >= 15 is 0 Å². The monoisotopic (exact) mass is 262 g/mol. The normalized spacial score (nSPS) is 23.3. The van der Waals surface area contributed by atoms with Crippen LogP contribution < -0.4 is 4.74 Å². The van der Waals surface area contributed by atoms with Crippen LogP contribution in [0.15, 0.2) is 24.3 Å². The minimum absolute atomic E-state index is 0.0383. The van der Waals surface area contributed by atoms with Crippen molar-refractivity contribution in [2.45, 2.75) is 51.6 Å². The summed E-state index contributed by atoms with van der Waals surface area (Å²) in [6, 6.07) is 8.11. The SMILES string of the molecule is CC(C)(C)c1cccc(OC2CCC(C(=O)O)C2)c1. The fraction of sp³-hybridized carbons (Fsp3) is 0.562. The van der Waals surface area contributed by atoms with Gasteiger partial charge in [-0.1, -0.05) is 32.9 Å². The maximum atomic E-state index is 10.9. The zero-order valence-corrected chi connectivity index (χ0v) is 11.8. The Balaban J connectivity index is 2.03. The van der Waals surface area contributed by atoms with Gasteiger partial charge in [-0.25, -0.2) is 0 Å². The van der Waals surface area contributed by atoms with Gasteiger partial charge >= 0.3 is 5.97 Å². The van der Waals surface area contributed by atoms with E-state index in [1.54, 1.807) is 0 Å². The highest BCUT2D eigenvalue weighted by Crippen LogP contribution is 2.31. The highest BCUT2D eigenvalue weighted by molar-refractivity contribution is 5.70. The van der Waals surface area contributed by atoms with Gasteiger partial charge in [0.2, 0.25) is 0 Å². The van der Waals surface area contributed by atoms with E-state index in [0.717, 1.165) is 18.6 Å². The number of ether oxygens (including phenoxy) is 1. The molecule has 2 atom stereocenters. The molecule has 0 aliphatic heterocycles. The second-order valence-corrected chi connectivity index (χ2v) is 6.37. The van der Waals surface area contributed by atoms with Gasteiger partial charge in [0.05, 0.1) is 12.0 Å². The van der Waals surface area contributed by atoms with E-state index < -0.39 is 5.97 Å². The van der Waals surface area contributed by atoms with Crippen molar-refractivity contribution in [1.82, 2.24) is 0 Å². The van der Waals surface area contributed by atoms with Gasteiger partial charge in [0.15, 0.2) is 0 Å². The molecule has 1 aromatic rings. The van der Waals surface area contributed by atoms with Gasteiger partial charge in [0, 0.05) is 0 Å². The average molecular weight is 262 g/mol. The molecule has 0 bridgehead atoms. The molecule has 0 spiro atoms. The molecule has 1 aliphatic carbocycles. The van der Waals surface area contributed by atoms with Crippen LogP contribution in [0.5, 0.6) is 5.75 Å². The Bertz CT molecular complexity index is 459. The number of rotatable bonds is 3. The molecule has 1 N–H and O–H groups in total. The Morgan fingerprint density at radius 3 is 2.63 bits per heavy atom. The lowest BCUT2D eigenvalue weighted by atomic mass is 9.87. The summed E-state index contributed by atoms with van der Waals surface area (Å²) in [5, 5.41) is 8.99. The molecular weight excluding hydrogens is 240 g/mol. The first-order chi connectivity index (χ1) is 8.86. The molecule has 2 rings (SSSR count). The highest BCUT2D eigenvalue weighted by Gasteiger charge is 2.31. The molecule has 1 saturated carbocycles. The van der Waals surface area contributed by atoms with Gasteiger partial charge in [0.25, 0.3) is 0 Å². The second-order valence-electron chi connectivity index (χ2n) is 6.37.